The van der Waals surface area contributed by atoms with Crippen LogP contribution in [0.1, 0.15) is 18.4 Å². The first-order valence-electron chi connectivity index (χ1n) is 5.42. The second kappa shape index (κ2) is 3.42. The highest BCUT2D eigenvalue weighted by Crippen LogP contribution is 2.39. The Morgan fingerprint density at radius 3 is 2.81 bits per heavy atom. The van der Waals surface area contributed by atoms with E-state index in [2.05, 4.69) is 10.1 Å². The molecule has 0 unspecified atom stereocenters. The first kappa shape index (κ1) is 9.54. The topological polar surface area (TPSA) is 50.9 Å². The summed E-state index contributed by atoms with van der Waals surface area (Å²) in [5.41, 5.74) is 1.64. The third-order valence-electron chi connectivity index (χ3n) is 3.00. The number of hydrogen-bond acceptors (Lipinski definition) is 3. The minimum atomic E-state index is -0.476. The second-order valence-electron chi connectivity index (χ2n) is 4.37. The SMILES string of the molecule is OC1(Cc2ccccc2-n2cncn2)CC1. The van der Waals surface area contributed by atoms with Crippen LogP contribution in [0.15, 0.2) is 36.9 Å². The van der Waals surface area contributed by atoms with E-state index in [0.717, 1.165) is 24.1 Å². The molecule has 1 aromatic carbocycles. The van der Waals surface area contributed by atoms with Gasteiger partial charge in [0.1, 0.15) is 12.7 Å². The molecule has 16 heavy (non-hydrogen) atoms. The van der Waals surface area contributed by atoms with Crippen LogP contribution in [0.25, 0.3) is 5.69 Å². The molecule has 1 saturated carbocycles. The summed E-state index contributed by atoms with van der Waals surface area (Å²) in [6.07, 6.45) is 5.69. The maximum atomic E-state index is 9.96. The van der Waals surface area contributed by atoms with E-state index in [0.29, 0.717) is 6.42 Å². The number of hydrogen-bond donors (Lipinski definition) is 1. The average Bonchev–Trinajstić information content (AvgIpc) is 2.83. The highest BCUT2D eigenvalue weighted by Gasteiger charge is 2.40. The monoisotopic (exact) mass is 215 g/mol. The van der Waals surface area contributed by atoms with Crippen molar-refractivity contribution in [2.45, 2.75) is 24.9 Å². The van der Waals surface area contributed by atoms with Gasteiger partial charge in [0.25, 0.3) is 0 Å². The van der Waals surface area contributed by atoms with Gasteiger partial charge in [0, 0.05) is 6.42 Å². The standard InChI is InChI=1S/C12H13N3O/c16-12(5-6-12)7-10-3-1-2-4-11(10)15-9-13-8-14-15/h1-4,8-9,16H,5-7H2. The molecule has 0 saturated heterocycles. The molecule has 0 radical (unpaired) electrons. The van der Waals surface area contributed by atoms with Gasteiger partial charge in [-0.3, -0.25) is 0 Å². The molecule has 1 N–H and O–H groups in total. The van der Waals surface area contributed by atoms with Crippen molar-refractivity contribution < 1.29 is 5.11 Å². The van der Waals surface area contributed by atoms with Crippen molar-refractivity contribution in [3.63, 3.8) is 0 Å². The fourth-order valence-corrected chi connectivity index (χ4v) is 1.89. The highest BCUT2D eigenvalue weighted by molar-refractivity contribution is 5.41. The van der Waals surface area contributed by atoms with Crippen molar-refractivity contribution in [1.82, 2.24) is 14.8 Å². The Bertz CT molecular complexity index is 489. The first-order chi connectivity index (χ1) is 7.77. The molecule has 0 amide bonds. The average molecular weight is 215 g/mol. The zero-order valence-corrected chi connectivity index (χ0v) is 8.87. The van der Waals surface area contributed by atoms with Gasteiger partial charge in [0.2, 0.25) is 0 Å². The van der Waals surface area contributed by atoms with Crippen LogP contribution < -0.4 is 0 Å². The molecular formula is C12H13N3O. The fraction of sp³-hybridized carbons (Fsp3) is 0.333. The summed E-state index contributed by atoms with van der Waals surface area (Å²) in [4.78, 5) is 3.94. The Balaban J connectivity index is 1.98. The largest absolute Gasteiger partial charge is 0.390 e. The molecule has 0 spiro atoms. The summed E-state index contributed by atoms with van der Waals surface area (Å²) in [5, 5.41) is 14.1. The van der Waals surface area contributed by atoms with E-state index >= 15 is 0 Å². The maximum absolute atomic E-state index is 9.96. The quantitative estimate of drug-likeness (QED) is 0.840. The first-order valence-corrected chi connectivity index (χ1v) is 5.42. The Morgan fingerprint density at radius 2 is 2.12 bits per heavy atom. The molecule has 0 bridgehead atoms. The van der Waals surface area contributed by atoms with Crippen LogP contribution in [0.2, 0.25) is 0 Å². The molecule has 3 rings (SSSR count). The van der Waals surface area contributed by atoms with Crippen molar-refractivity contribution in [1.29, 1.82) is 0 Å². The smallest absolute Gasteiger partial charge is 0.138 e. The molecule has 1 fully saturated rings. The summed E-state index contributed by atoms with van der Waals surface area (Å²) >= 11 is 0. The van der Waals surface area contributed by atoms with Crippen molar-refractivity contribution in [3.8, 4) is 5.69 Å². The fourth-order valence-electron chi connectivity index (χ4n) is 1.89. The lowest BCUT2D eigenvalue weighted by Crippen LogP contribution is -2.13. The zero-order valence-electron chi connectivity index (χ0n) is 8.87. The van der Waals surface area contributed by atoms with E-state index in [1.54, 1.807) is 11.0 Å². The number of nitrogens with zero attached hydrogens (tertiary/aromatic N) is 3. The number of aliphatic hydroxyl groups is 1. The van der Waals surface area contributed by atoms with E-state index in [-0.39, 0.29) is 0 Å². The Morgan fingerprint density at radius 1 is 1.31 bits per heavy atom. The van der Waals surface area contributed by atoms with Crippen molar-refractivity contribution >= 4 is 0 Å². The van der Waals surface area contributed by atoms with Crippen molar-refractivity contribution in [2.24, 2.45) is 0 Å². The number of para-hydroxylation sites is 1. The van der Waals surface area contributed by atoms with Gasteiger partial charge in [0.15, 0.2) is 0 Å². The van der Waals surface area contributed by atoms with Crippen molar-refractivity contribution in [2.75, 3.05) is 0 Å². The minimum absolute atomic E-state index is 0.476. The van der Waals surface area contributed by atoms with Gasteiger partial charge in [-0.2, -0.15) is 5.10 Å². The van der Waals surface area contributed by atoms with Crippen LogP contribution in [0.5, 0.6) is 0 Å². The Hall–Kier alpha value is -1.68. The maximum Gasteiger partial charge on any atom is 0.138 e. The van der Waals surface area contributed by atoms with Crippen LogP contribution >= 0.6 is 0 Å². The molecule has 4 nitrogen and oxygen atoms in total. The molecule has 0 aliphatic heterocycles. The summed E-state index contributed by atoms with van der Waals surface area (Å²) < 4.78 is 1.74. The highest BCUT2D eigenvalue weighted by atomic mass is 16.3. The summed E-state index contributed by atoms with van der Waals surface area (Å²) in [5.74, 6) is 0. The third kappa shape index (κ3) is 1.72. The van der Waals surface area contributed by atoms with E-state index in [9.17, 15) is 5.11 Å². The second-order valence-corrected chi connectivity index (χ2v) is 4.37. The molecule has 2 aromatic rings. The molecule has 4 heteroatoms. The predicted molar refractivity (Wildman–Crippen MR) is 59.2 cm³/mol. The number of rotatable bonds is 3. The van der Waals surface area contributed by atoms with E-state index in [1.165, 1.54) is 6.33 Å². The van der Waals surface area contributed by atoms with Gasteiger partial charge < -0.3 is 5.11 Å². The molecule has 82 valence electrons. The molecule has 1 aliphatic rings. The Kier molecular flexibility index (Phi) is 2.04. The van der Waals surface area contributed by atoms with Crippen LogP contribution in [0, 0.1) is 0 Å². The number of benzene rings is 1. The molecule has 1 heterocycles. The lowest BCUT2D eigenvalue weighted by Gasteiger charge is -2.12. The lowest BCUT2D eigenvalue weighted by atomic mass is 10.0. The van der Waals surface area contributed by atoms with E-state index < -0.39 is 5.60 Å². The minimum Gasteiger partial charge on any atom is -0.390 e. The Labute approximate surface area is 93.6 Å². The van der Waals surface area contributed by atoms with Gasteiger partial charge in [-0.05, 0) is 24.5 Å². The van der Waals surface area contributed by atoms with Crippen LogP contribution in [-0.4, -0.2) is 25.5 Å². The normalized spacial score (nSPS) is 17.3. The van der Waals surface area contributed by atoms with Crippen LogP contribution in [0.4, 0.5) is 0 Å². The summed E-state index contributed by atoms with van der Waals surface area (Å²) in [7, 11) is 0. The van der Waals surface area contributed by atoms with Crippen LogP contribution in [-0.2, 0) is 6.42 Å². The van der Waals surface area contributed by atoms with Gasteiger partial charge in [-0.1, -0.05) is 18.2 Å². The molecule has 0 atom stereocenters. The molecule has 1 aliphatic carbocycles. The summed E-state index contributed by atoms with van der Waals surface area (Å²) in [6, 6.07) is 7.99. The molecular weight excluding hydrogens is 202 g/mol. The molecule has 1 aromatic heterocycles. The van der Waals surface area contributed by atoms with Crippen LogP contribution in [0.3, 0.4) is 0 Å². The van der Waals surface area contributed by atoms with Gasteiger partial charge in [-0.25, -0.2) is 9.67 Å². The third-order valence-corrected chi connectivity index (χ3v) is 3.00. The lowest BCUT2D eigenvalue weighted by molar-refractivity contribution is 0.151. The van der Waals surface area contributed by atoms with Gasteiger partial charge >= 0.3 is 0 Å². The zero-order chi connectivity index (χ0) is 11.0. The summed E-state index contributed by atoms with van der Waals surface area (Å²) in [6.45, 7) is 0. The van der Waals surface area contributed by atoms with E-state index in [1.807, 2.05) is 24.3 Å². The van der Waals surface area contributed by atoms with E-state index in [4.69, 9.17) is 0 Å². The van der Waals surface area contributed by atoms with Gasteiger partial charge in [-0.15, -0.1) is 0 Å². The van der Waals surface area contributed by atoms with Crippen molar-refractivity contribution in [3.05, 3.63) is 42.5 Å². The van der Waals surface area contributed by atoms with Gasteiger partial charge in [0.05, 0.1) is 11.3 Å². The number of aromatic nitrogens is 3. The predicted octanol–water partition coefficient (Wildman–Crippen LogP) is 1.33.